The molecule has 0 unspecified atom stereocenters. The van der Waals surface area contributed by atoms with Gasteiger partial charge in [-0.05, 0) is 56.4 Å². The first kappa shape index (κ1) is 23.2. The molecule has 2 aromatic carbocycles. The monoisotopic (exact) mass is 448 g/mol. The Bertz CT molecular complexity index is 998. The highest BCUT2D eigenvalue weighted by Gasteiger charge is 2.35. The number of benzene rings is 2. The molecule has 0 saturated carbocycles. The summed E-state index contributed by atoms with van der Waals surface area (Å²) in [5.41, 5.74) is 1.21. The van der Waals surface area contributed by atoms with E-state index in [0.29, 0.717) is 12.8 Å². The molecular weight excluding hydrogens is 419 g/mol. The fraction of sp³-hybridized carbons (Fsp3) is 0.435. The van der Waals surface area contributed by atoms with Gasteiger partial charge in [0.2, 0.25) is 15.9 Å². The van der Waals surface area contributed by atoms with Crippen LogP contribution < -0.4 is 10.1 Å². The molecule has 0 aliphatic carbocycles. The van der Waals surface area contributed by atoms with Gasteiger partial charge in [-0.1, -0.05) is 30.3 Å². The van der Waals surface area contributed by atoms with Crippen LogP contribution in [-0.2, 0) is 21.2 Å². The minimum atomic E-state index is -3.98. The van der Waals surface area contributed by atoms with Crippen LogP contribution in [0.15, 0.2) is 53.4 Å². The van der Waals surface area contributed by atoms with Gasteiger partial charge in [-0.15, -0.1) is 0 Å². The second-order valence-corrected chi connectivity index (χ2v) is 9.84. The fourth-order valence-electron chi connectivity index (χ4n) is 3.83. The average molecular weight is 449 g/mol. The number of nitrogens with one attached hydrogen (secondary N) is 1. The molecule has 0 aromatic heterocycles. The molecule has 0 radical (unpaired) electrons. The van der Waals surface area contributed by atoms with Crippen LogP contribution in [0.2, 0.25) is 0 Å². The molecule has 3 rings (SSSR count). The molecule has 0 bridgehead atoms. The molecule has 31 heavy (non-hydrogen) atoms. The van der Waals surface area contributed by atoms with Crippen LogP contribution in [0.3, 0.4) is 0 Å². The van der Waals surface area contributed by atoms with E-state index in [9.17, 15) is 17.6 Å². The molecule has 1 aliphatic rings. The van der Waals surface area contributed by atoms with E-state index < -0.39 is 21.8 Å². The van der Waals surface area contributed by atoms with E-state index in [-0.39, 0.29) is 35.7 Å². The van der Waals surface area contributed by atoms with Gasteiger partial charge in [-0.3, -0.25) is 4.79 Å². The lowest BCUT2D eigenvalue weighted by Crippen LogP contribution is -2.47. The maximum Gasteiger partial charge on any atom is 0.246 e. The van der Waals surface area contributed by atoms with Crippen LogP contribution in [0.1, 0.15) is 31.7 Å². The molecule has 1 fully saturated rings. The zero-order valence-electron chi connectivity index (χ0n) is 17.9. The van der Waals surface area contributed by atoms with Crippen molar-refractivity contribution >= 4 is 15.9 Å². The van der Waals surface area contributed by atoms with Crippen molar-refractivity contribution < 1.29 is 22.3 Å². The Hall–Kier alpha value is -2.45. The maximum absolute atomic E-state index is 13.7. The number of methoxy groups -OCH3 is 1. The SMILES string of the molecule is COc1ccc(F)cc1S(=O)(=O)N1CCC[C@@H](C(=O)N[C@@H](C)CCc2ccccc2)C1. The third-order valence-corrected chi connectivity index (χ3v) is 7.48. The third-order valence-electron chi connectivity index (χ3n) is 5.60. The summed E-state index contributed by atoms with van der Waals surface area (Å²) in [6.45, 7) is 2.31. The molecule has 2 aromatic rings. The Balaban J connectivity index is 1.63. The lowest BCUT2D eigenvalue weighted by molar-refractivity contribution is -0.126. The Kier molecular flexibility index (Phi) is 7.67. The zero-order chi connectivity index (χ0) is 22.4. The van der Waals surface area contributed by atoms with Gasteiger partial charge in [0.25, 0.3) is 0 Å². The Morgan fingerprint density at radius 1 is 1.26 bits per heavy atom. The van der Waals surface area contributed by atoms with Gasteiger partial charge in [0.1, 0.15) is 16.5 Å². The number of nitrogens with zero attached hydrogens (tertiary/aromatic N) is 1. The normalized spacial score (nSPS) is 18.4. The van der Waals surface area contributed by atoms with E-state index in [1.807, 2.05) is 25.1 Å². The lowest BCUT2D eigenvalue weighted by atomic mass is 9.98. The van der Waals surface area contributed by atoms with Gasteiger partial charge in [0.15, 0.2) is 0 Å². The standard InChI is InChI=1S/C23H29FN2O4S/c1-17(10-11-18-7-4-3-5-8-18)25-23(27)19-9-6-14-26(16-19)31(28,29)22-15-20(24)12-13-21(22)30-2/h3-5,7-8,12-13,15,17,19H,6,9-11,14,16H2,1-2H3,(H,25,27)/t17-,19+/m0/s1. The number of amides is 1. The van der Waals surface area contributed by atoms with E-state index in [1.54, 1.807) is 0 Å². The number of hydrogen-bond acceptors (Lipinski definition) is 4. The Morgan fingerprint density at radius 2 is 2.00 bits per heavy atom. The summed E-state index contributed by atoms with van der Waals surface area (Å²) in [5, 5.41) is 3.02. The van der Waals surface area contributed by atoms with Crippen LogP contribution in [0, 0.1) is 11.7 Å². The largest absolute Gasteiger partial charge is 0.495 e. The van der Waals surface area contributed by atoms with Crippen molar-refractivity contribution in [1.29, 1.82) is 0 Å². The Labute approximate surface area is 183 Å². The van der Waals surface area contributed by atoms with Crippen molar-refractivity contribution in [3.63, 3.8) is 0 Å². The van der Waals surface area contributed by atoms with Crippen molar-refractivity contribution in [3.8, 4) is 5.75 Å². The third kappa shape index (κ3) is 5.83. The first-order valence-electron chi connectivity index (χ1n) is 10.5. The minimum Gasteiger partial charge on any atom is -0.495 e. The quantitative estimate of drug-likeness (QED) is 0.672. The van der Waals surface area contributed by atoms with E-state index in [2.05, 4.69) is 17.4 Å². The molecule has 1 amide bonds. The topological polar surface area (TPSA) is 75.7 Å². The predicted octanol–water partition coefficient (Wildman–Crippen LogP) is 3.37. The van der Waals surface area contributed by atoms with E-state index in [4.69, 9.17) is 4.74 Å². The van der Waals surface area contributed by atoms with E-state index >= 15 is 0 Å². The fourth-order valence-corrected chi connectivity index (χ4v) is 5.52. The molecule has 0 spiro atoms. The molecule has 1 aliphatic heterocycles. The summed E-state index contributed by atoms with van der Waals surface area (Å²) in [7, 11) is -2.64. The maximum atomic E-state index is 13.7. The molecule has 2 atom stereocenters. The minimum absolute atomic E-state index is 0.0250. The van der Waals surface area contributed by atoms with Gasteiger partial charge in [-0.25, -0.2) is 12.8 Å². The van der Waals surface area contributed by atoms with Crippen molar-refractivity contribution in [2.75, 3.05) is 20.2 Å². The van der Waals surface area contributed by atoms with Gasteiger partial charge in [0, 0.05) is 19.1 Å². The van der Waals surface area contributed by atoms with Gasteiger partial charge in [0.05, 0.1) is 13.0 Å². The summed E-state index contributed by atoms with van der Waals surface area (Å²) in [6.07, 6.45) is 2.83. The molecule has 168 valence electrons. The van der Waals surface area contributed by atoms with Gasteiger partial charge in [-0.2, -0.15) is 4.31 Å². The van der Waals surface area contributed by atoms with Crippen LogP contribution in [0.5, 0.6) is 5.75 Å². The number of ether oxygens (including phenoxy) is 1. The predicted molar refractivity (Wildman–Crippen MR) is 117 cm³/mol. The number of hydrogen-bond donors (Lipinski definition) is 1. The highest BCUT2D eigenvalue weighted by atomic mass is 32.2. The summed E-state index contributed by atoms with van der Waals surface area (Å²) in [5.74, 6) is -1.16. The second-order valence-electron chi connectivity index (χ2n) is 7.93. The van der Waals surface area contributed by atoms with Crippen LogP contribution in [0.25, 0.3) is 0 Å². The second kappa shape index (κ2) is 10.2. The number of piperidine rings is 1. The average Bonchev–Trinajstić information content (AvgIpc) is 2.78. The lowest BCUT2D eigenvalue weighted by Gasteiger charge is -2.32. The zero-order valence-corrected chi connectivity index (χ0v) is 18.7. The number of carbonyl (C=O) groups is 1. The first-order chi connectivity index (χ1) is 14.8. The highest BCUT2D eigenvalue weighted by molar-refractivity contribution is 7.89. The first-order valence-corrected chi connectivity index (χ1v) is 11.9. The summed E-state index contributed by atoms with van der Waals surface area (Å²) < 4.78 is 46.3. The molecule has 8 heteroatoms. The highest BCUT2D eigenvalue weighted by Crippen LogP contribution is 2.30. The summed E-state index contributed by atoms with van der Waals surface area (Å²) in [6, 6.07) is 13.4. The van der Waals surface area contributed by atoms with Crippen molar-refractivity contribution in [1.82, 2.24) is 9.62 Å². The van der Waals surface area contributed by atoms with E-state index in [0.717, 1.165) is 25.0 Å². The number of sulfonamides is 1. The van der Waals surface area contributed by atoms with Crippen LogP contribution in [-0.4, -0.2) is 44.9 Å². The Morgan fingerprint density at radius 3 is 2.71 bits per heavy atom. The summed E-state index contributed by atoms with van der Waals surface area (Å²) in [4.78, 5) is 12.6. The number of halogens is 1. The van der Waals surface area contributed by atoms with Crippen LogP contribution >= 0.6 is 0 Å². The molecule has 6 nitrogen and oxygen atoms in total. The molecule has 1 heterocycles. The molecule has 1 N–H and O–H groups in total. The number of carbonyl (C=O) groups excluding carboxylic acids is 1. The van der Waals surface area contributed by atoms with Gasteiger partial charge >= 0.3 is 0 Å². The van der Waals surface area contributed by atoms with Crippen molar-refractivity contribution in [2.24, 2.45) is 5.92 Å². The smallest absolute Gasteiger partial charge is 0.246 e. The number of rotatable bonds is 8. The van der Waals surface area contributed by atoms with E-state index in [1.165, 1.54) is 23.0 Å². The summed E-state index contributed by atoms with van der Waals surface area (Å²) >= 11 is 0. The molecular formula is C23H29FN2O4S. The van der Waals surface area contributed by atoms with Crippen LogP contribution in [0.4, 0.5) is 4.39 Å². The van der Waals surface area contributed by atoms with Gasteiger partial charge < -0.3 is 10.1 Å². The van der Waals surface area contributed by atoms with Crippen molar-refractivity contribution in [3.05, 3.63) is 59.9 Å². The molecule has 1 saturated heterocycles. The number of aryl methyl sites for hydroxylation is 1. The van der Waals surface area contributed by atoms with Crippen molar-refractivity contribution in [2.45, 2.75) is 43.5 Å².